The second-order valence-electron chi connectivity index (χ2n) is 8.81. The normalized spacial score (nSPS) is 13.1. The largest absolute Gasteiger partial charge is 0.416 e. The van der Waals surface area contributed by atoms with Crippen molar-refractivity contribution in [1.82, 2.24) is 9.91 Å². The van der Waals surface area contributed by atoms with Crippen LogP contribution in [0.4, 0.5) is 26.3 Å². The average molecular weight is 540 g/mol. The highest BCUT2D eigenvalue weighted by molar-refractivity contribution is 5.45. The van der Waals surface area contributed by atoms with Gasteiger partial charge in [-0.05, 0) is 41.9 Å². The summed E-state index contributed by atoms with van der Waals surface area (Å²) in [5.74, 6) is 5.37. The van der Waals surface area contributed by atoms with Crippen molar-refractivity contribution >= 4 is 6.41 Å². The van der Waals surface area contributed by atoms with Gasteiger partial charge in [-0.1, -0.05) is 60.7 Å². The van der Waals surface area contributed by atoms with E-state index in [1.165, 1.54) is 0 Å². The second kappa shape index (κ2) is 12.4. The van der Waals surface area contributed by atoms with Crippen molar-refractivity contribution < 1.29 is 35.9 Å². The van der Waals surface area contributed by atoms with E-state index in [9.17, 15) is 31.1 Å². The van der Waals surface area contributed by atoms with Crippen molar-refractivity contribution in [2.45, 2.75) is 30.9 Å². The summed E-state index contributed by atoms with van der Waals surface area (Å²) < 4.78 is 85.4. The highest BCUT2D eigenvalue weighted by Gasteiger charge is 2.37. The lowest BCUT2D eigenvalue weighted by atomic mass is 9.84. The first-order valence-corrected chi connectivity index (χ1v) is 11.5. The summed E-state index contributed by atoms with van der Waals surface area (Å²) in [5.41, 5.74) is -1.29. The smallest absolute Gasteiger partial charge is 0.375 e. The van der Waals surface area contributed by atoms with Gasteiger partial charge >= 0.3 is 12.4 Å². The van der Waals surface area contributed by atoms with E-state index in [1.54, 1.807) is 11.9 Å². The number of nitrogens with two attached hydrogens (primary N) is 1. The van der Waals surface area contributed by atoms with E-state index >= 15 is 0 Å². The van der Waals surface area contributed by atoms with Crippen LogP contribution in [0.1, 0.15) is 33.7 Å². The van der Waals surface area contributed by atoms with Gasteiger partial charge in [0.15, 0.2) is 0 Å². The zero-order chi connectivity index (χ0) is 27.9. The van der Waals surface area contributed by atoms with Gasteiger partial charge in [0, 0.05) is 12.0 Å². The van der Waals surface area contributed by atoms with Crippen LogP contribution >= 0.6 is 0 Å². The summed E-state index contributed by atoms with van der Waals surface area (Å²) in [4.78, 5) is 12.9. The van der Waals surface area contributed by atoms with Crippen molar-refractivity contribution in [1.29, 1.82) is 0 Å². The molecule has 0 fully saturated rings. The molecule has 0 aliphatic carbocycles. The van der Waals surface area contributed by atoms with Crippen LogP contribution in [0.25, 0.3) is 0 Å². The quantitative estimate of drug-likeness (QED) is 0.0853. The molecule has 3 aromatic carbocycles. The molecule has 2 N–H and O–H groups in total. The maximum Gasteiger partial charge on any atom is 0.416 e. The number of hydrogen-bond donors (Lipinski definition) is 1. The third kappa shape index (κ3) is 7.80. The van der Waals surface area contributed by atoms with Crippen LogP contribution in [0.5, 0.6) is 0 Å². The molecule has 0 aliphatic rings. The van der Waals surface area contributed by atoms with E-state index in [0.29, 0.717) is 18.5 Å². The van der Waals surface area contributed by atoms with Gasteiger partial charge in [0.05, 0.1) is 31.0 Å². The lowest BCUT2D eigenvalue weighted by molar-refractivity contribution is -0.143. The minimum Gasteiger partial charge on any atom is -0.375 e. The maximum absolute atomic E-state index is 13.3. The molecule has 11 heteroatoms. The minimum absolute atomic E-state index is 0.00449. The predicted octanol–water partition coefficient (Wildman–Crippen LogP) is 5.66. The van der Waals surface area contributed by atoms with Gasteiger partial charge in [-0.3, -0.25) is 14.7 Å². The first-order chi connectivity index (χ1) is 17.9. The number of likely N-dealkylation sites (N-methyl/N-ethyl adjacent to an activating group) is 1. The van der Waals surface area contributed by atoms with Crippen molar-refractivity contribution in [2.24, 2.45) is 5.84 Å². The van der Waals surface area contributed by atoms with E-state index in [2.05, 4.69) is 0 Å². The minimum atomic E-state index is -4.95. The molecule has 0 saturated carbocycles. The number of carbonyl (C=O) groups is 1. The molecule has 0 saturated heterocycles. The van der Waals surface area contributed by atoms with Gasteiger partial charge in [0.2, 0.25) is 6.41 Å². The number of hydrazine groups is 1. The molecule has 1 amide bonds. The molecule has 3 rings (SSSR count). The van der Waals surface area contributed by atoms with Gasteiger partial charge in [-0.25, -0.2) is 5.84 Å². The van der Waals surface area contributed by atoms with Gasteiger partial charge in [-0.15, -0.1) is 0 Å². The van der Waals surface area contributed by atoms with E-state index in [4.69, 9.17) is 10.6 Å². The monoisotopic (exact) mass is 539 g/mol. The highest BCUT2D eigenvalue weighted by Crippen LogP contribution is 2.37. The van der Waals surface area contributed by atoms with Crippen molar-refractivity contribution in [2.75, 3.05) is 20.3 Å². The Morgan fingerprint density at radius 3 is 1.74 bits per heavy atom. The van der Waals surface area contributed by atoms with Crippen molar-refractivity contribution in [3.05, 3.63) is 107 Å². The van der Waals surface area contributed by atoms with E-state index < -0.39 is 36.1 Å². The molecule has 0 radical (unpaired) electrons. The molecule has 0 bridgehead atoms. The van der Waals surface area contributed by atoms with Gasteiger partial charge < -0.3 is 4.74 Å². The Balaban J connectivity index is 1.94. The van der Waals surface area contributed by atoms with Crippen LogP contribution < -0.4 is 5.84 Å². The Morgan fingerprint density at radius 2 is 1.32 bits per heavy atom. The maximum atomic E-state index is 13.3. The summed E-state index contributed by atoms with van der Waals surface area (Å²) in [7, 11) is 1.70. The zero-order valence-electron chi connectivity index (χ0n) is 20.4. The Hall–Kier alpha value is -3.41. The third-order valence-corrected chi connectivity index (χ3v) is 5.99. The molecular formula is C27H27F6N3O2. The number of alkyl halides is 6. The van der Waals surface area contributed by atoms with Crippen molar-refractivity contribution in [3.8, 4) is 0 Å². The van der Waals surface area contributed by atoms with Crippen LogP contribution in [0.2, 0.25) is 0 Å². The zero-order valence-corrected chi connectivity index (χ0v) is 20.4. The molecule has 38 heavy (non-hydrogen) atoms. The summed E-state index contributed by atoms with van der Waals surface area (Å²) in [6.07, 6.45) is -9.47. The summed E-state index contributed by atoms with van der Waals surface area (Å²) in [6.45, 7) is -0.585. The van der Waals surface area contributed by atoms with Gasteiger partial charge in [0.25, 0.3) is 0 Å². The first-order valence-electron chi connectivity index (χ1n) is 11.5. The highest BCUT2D eigenvalue weighted by atomic mass is 19.4. The number of nitrogens with zero attached hydrogens (tertiary/aromatic N) is 2. The molecule has 0 aromatic heterocycles. The summed E-state index contributed by atoms with van der Waals surface area (Å²) in [6, 6.07) is 19.6. The van der Waals surface area contributed by atoms with Crippen LogP contribution in [-0.2, 0) is 28.5 Å². The molecular weight excluding hydrogens is 512 g/mol. The number of halogens is 6. The molecule has 3 aromatic rings. The number of benzene rings is 3. The Kier molecular flexibility index (Phi) is 9.53. The Bertz CT molecular complexity index is 1100. The second-order valence-corrected chi connectivity index (χ2v) is 8.81. The van der Waals surface area contributed by atoms with E-state index in [0.717, 1.165) is 16.1 Å². The van der Waals surface area contributed by atoms with Crippen LogP contribution in [0, 0.1) is 0 Å². The lowest BCUT2D eigenvalue weighted by Gasteiger charge is -2.36. The summed E-state index contributed by atoms with van der Waals surface area (Å²) in [5, 5.41) is 0.919. The molecule has 0 spiro atoms. The van der Waals surface area contributed by atoms with Crippen molar-refractivity contribution in [3.63, 3.8) is 0 Å². The Morgan fingerprint density at radius 1 is 0.842 bits per heavy atom. The SMILES string of the molecule is CN(CN(N)C=O)C(COCc1cc(C(F)(F)F)cc(C(F)(F)F)c1)C(c1ccccc1)c1ccccc1. The fraction of sp³-hybridized carbons (Fsp3) is 0.296. The topological polar surface area (TPSA) is 58.8 Å². The molecule has 1 atom stereocenters. The standard InChI is InChI=1S/C27H27F6N3O2/c1-35(17-36(34)18-37)24(25(20-8-4-2-5-9-20)21-10-6-3-7-11-21)16-38-15-19-12-22(26(28,29)30)14-23(13-19)27(31,32)33/h2-14,18,24-25H,15-17,34H2,1H3. The molecule has 0 aliphatic heterocycles. The molecule has 0 heterocycles. The number of carbonyl (C=O) groups excluding carboxylic acids is 1. The molecule has 204 valence electrons. The van der Waals surface area contributed by atoms with E-state index in [-0.39, 0.29) is 30.8 Å². The van der Waals surface area contributed by atoms with E-state index in [1.807, 2.05) is 60.7 Å². The number of ether oxygens (including phenoxy) is 1. The lowest BCUT2D eigenvalue weighted by Crippen LogP contribution is -2.48. The average Bonchev–Trinajstić information content (AvgIpc) is 2.88. The third-order valence-electron chi connectivity index (χ3n) is 5.99. The van der Waals surface area contributed by atoms with Crippen LogP contribution in [-0.4, -0.2) is 42.7 Å². The summed E-state index contributed by atoms with van der Waals surface area (Å²) >= 11 is 0. The fourth-order valence-electron chi connectivity index (χ4n) is 4.23. The van der Waals surface area contributed by atoms with Gasteiger partial charge in [-0.2, -0.15) is 26.3 Å². The predicted molar refractivity (Wildman–Crippen MR) is 129 cm³/mol. The van der Waals surface area contributed by atoms with Crippen LogP contribution in [0.15, 0.2) is 78.9 Å². The molecule has 1 unspecified atom stereocenters. The first kappa shape index (κ1) is 29.2. The number of rotatable bonds is 11. The van der Waals surface area contributed by atoms with Gasteiger partial charge in [0.1, 0.15) is 0 Å². The number of hydrogen-bond acceptors (Lipinski definition) is 4. The number of amides is 1. The fourth-order valence-corrected chi connectivity index (χ4v) is 4.23. The molecule has 5 nitrogen and oxygen atoms in total. The Labute approximate surface area is 216 Å². The van der Waals surface area contributed by atoms with Crippen LogP contribution in [0.3, 0.4) is 0 Å².